The molecule has 3 rings (SSSR count). The minimum atomic E-state index is -4.67. The van der Waals surface area contributed by atoms with Crippen molar-refractivity contribution >= 4 is 35.1 Å². The molecule has 2 heterocycles. The molecule has 0 atom stereocenters. The number of anilines is 4. The van der Waals surface area contributed by atoms with Crippen LogP contribution in [0.5, 0.6) is 0 Å². The van der Waals surface area contributed by atoms with Crippen molar-refractivity contribution in [2.75, 3.05) is 47.5 Å². The maximum atomic E-state index is 13.5. The first-order valence-corrected chi connectivity index (χ1v) is 13.9. The summed E-state index contributed by atoms with van der Waals surface area (Å²) in [4.78, 5) is 25.2. The molecule has 2 amide bonds. The second-order valence-corrected chi connectivity index (χ2v) is 8.57. The number of hydrogen-bond donors (Lipinski definition) is 2. The fourth-order valence-electron chi connectivity index (χ4n) is 4.36. The number of pyridine rings is 1. The average Bonchev–Trinajstić information content (AvgIpc) is 3.36. The molecule has 1 aromatic heterocycles. The number of fused-ring (bicyclic) bond motifs is 1. The summed E-state index contributed by atoms with van der Waals surface area (Å²) >= 11 is 0. The van der Waals surface area contributed by atoms with Gasteiger partial charge >= 0.3 is 12.2 Å². The van der Waals surface area contributed by atoms with E-state index in [0.29, 0.717) is 18.8 Å². The van der Waals surface area contributed by atoms with Gasteiger partial charge in [-0.2, -0.15) is 13.2 Å². The van der Waals surface area contributed by atoms with Crippen LogP contribution < -0.4 is 20.9 Å². The van der Waals surface area contributed by atoms with Gasteiger partial charge in [-0.25, -0.2) is 9.78 Å². The fourth-order valence-corrected chi connectivity index (χ4v) is 4.36. The smallest absolute Gasteiger partial charge is 0.398 e. The van der Waals surface area contributed by atoms with Crippen molar-refractivity contribution in [3.8, 4) is 0 Å². The van der Waals surface area contributed by atoms with E-state index in [9.17, 15) is 18.0 Å². The molecule has 0 spiro atoms. The predicted molar refractivity (Wildman–Crippen MR) is 158 cm³/mol. The number of hydrogen-bond acceptors (Lipinski definition) is 5. The number of aliphatic imine (C=N–C) groups is 1. The molecular formula is C29H45F3N6O. The van der Waals surface area contributed by atoms with Gasteiger partial charge in [0.25, 0.3) is 0 Å². The number of aromatic nitrogens is 1. The zero-order valence-electron chi connectivity index (χ0n) is 24.5. The molecule has 39 heavy (non-hydrogen) atoms. The van der Waals surface area contributed by atoms with Gasteiger partial charge in [0.15, 0.2) is 0 Å². The number of nitrogens with one attached hydrogen (secondary N) is 1. The average molecular weight is 551 g/mol. The highest BCUT2D eigenvalue weighted by molar-refractivity contribution is 6.04. The van der Waals surface area contributed by atoms with Crippen molar-refractivity contribution in [2.45, 2.75) is 79.8 Å². The van der Waals surface area contributed by atoms with Crippen LogP contribution in [0, 0.1) is 0 Å². The minimum Gasteiger partial charge on any atom is -0.398 e. The SMILES string of the molecule is CC.CC.CCCCCN(CCC)c1ccnc2c1CCN2C(=O)Nc1cc(C=NC)c(N)c(C(F)(F)F)c1. The summed E-state index contributed by atoms with van der Waals surface area (Å²) in [7, 11) is 1.44. The van der Waals surface area contributed by atoms with Crippen LogP contribution in [0.4, 0.5) is 40.8 Å². The number of rotatable bonds is 9. The molecule has 0 saturated carbocycles. The predicted octanol–water partition coefficient (Wildman–Crippen LogP) is 7.78. The summed E-state index contributed by atoms with van der Waals surface area (Å²) in [6, 6.07) is 3.66. The summed E-state index contributed by atoms with van der Waals surface area (Å²) in [5, 5.41) is 2.60. The van der Waals surface area contributed by atoms with Crippen molar-refractivity contribution in [3.63, 3.8) is 0 Å². The second-order valence-electron chi connectivity index (χ2n) is 8.57. The Morgan fingerprint density at radius 3 is 2.44 bits per heavy atom. The summed E-state index contributed by atoms with van der Waals surface area (Å²) in [6.07, 6.45) is 3.24. The molecule has 3 N–H and O–H groups in total. The molecule has 0 bridgehead atoms. The van der Waals surface area contributed by atoms with Gasteiger partial charge < -0.3 is 16.0 Å². The number of benzene rings is 1. The Bertz CT molecular complexity index is 1070. The summed E-state index contributed by atoms with van der Waals surface area (Å²) in [5.74, 6) is 0.540. The Balaban J connectivity index is 0.00000181. The van der Waals surface area contributed by atoms with E-state index in [0.717, 1.165) is 56.1 Å². The van der Waals surface area contributed by atoms with Gasteiger partial charge in [-0.3, -0.25) is 9.89 Å². The number of carbonyl (C=O) groups is 1. The third kappa shape index (κ3) is 8.86. The normalized spacial score (nSPS) is 12.3. The van der Waals surface area contributed by atoms with Gasteiger partial charge in [0.05, 0.1) is 11.3 Å². The minimum absolute atomic E-state index is 0.0109. The standard InChI is InChI=1S/C25H33F3N6O.2C2H6/c1-4-6-7-12-33(11-5-2)21-8-10-31-23-19(21)9-13-34(23)24(35)32-18-14-17(16-30-3)22(29)20(15-18)25(26,27)28;2*1-2/h8,10,14-16H,4-7,9,11-13,29H2,1-3H3,(H,32,35);2*1-2H3. The highest BCUT2D eigenvalue weighted by Gasteiger charge is 2.35. The van der Waals surface area contributed by atoms with Crippen molar-refractivity contribution < 1.29 is 18.0 Å². The van der Waals surface area contributed by atoms with Crippen LogP contribution in [-0.4, -0.2) is 43.9 Å². The van der Waals surface area contributed by atoms with E-state index in [1.165, 1.54) is 24.2 Å². The van der Waals surface area contributed by atoms with E-state index in [2.05, 4.69) is 34.0 Å². The number of nitrogens with two attached hydrogens (primary N) is 1. The number of unbranched alkanes of at least 4 members (excludes halogenated alkanes) is 2. The molecule has 0 fully saturated rings. The van der Waals surface area contributed by atoms with Crippen LogP contribution in [0.1, 0.15) is 83.9 Å². The fraction of sp³-hybridized carbons (Fsp3) is 0.552. The van der Waals surface area contributed by atoms with E-state index in [4.69, 9.17) is 5.73 Å². The number of urea groups is 1. The molecule has 0 radical (unpaired) electrons. The molecular weight excluding hydrogens is 505 g/mol. The van der Waals surface area contributed by atoms with Gasteiger partial charge in [-0.1, -0.05) is 54.4 Å². The second kappa shape index (κ2) is 16.6. The Hall–Kier alpha value is -3.30. The maximum absolute atomic E-state index is 13.5. The lowest BCUT2D eigenvalue weighted by molar-refractivity contribution is -0.136. The van der Waals surface area contributed by atoms with Gasteiger partial charge in [0.2, 0.25) is 0 Å². The maximum Gasteiger partial charge on any atom is 0.418 e. The van der Waals surface area contributed by atoms with Crippen molar-refractivity contribution in [3.05, 3.63) is 41.1 Å². The lowest BCUT2D eigenvalue weighted by Gasteiger charge is -2.26. The number of alkyl halides is 3. The van der Waals surface area contributed by atoms with Crippen LogP contribution in [0.15, 0.2) is 29.4 Å². The summed E-state index contributed by atoms with van der Waals surface area (Å²) < 4.78 is 40.5. The van der Waals surface area contributed by atoms with E-state index < -0.39 is 23.5 Å². The summed E-state index contributed by atoms with van der Waals surface area (Å²) in [5.41, 5.74) is 6.38. The lowest BCUT2D eigenvalue weighted by atomic mass is 10.1. The number of halogens is 3. The molecule has 1 aliphatic heterocycles. The number of nitrogen functional groups attached to an aromatic ring is 1. The molecule has 1 aliphatic rings. The van der Waals surface area contributed by atoms with Gasteiger partial charge in [-0.15, -0.1) is 0 Å². The molecule has 218 valence electrons. The first kappa shape index (κ1) is 33.7. The Kier molecular flexibility index (Phi) is 14.4. The van der Waals surface area contributed by atoms with E-state index in [-0.39, 0.29) is 11.3 Å². The van der Waals surface area contributed by atoms with Crippen molar-refractivity contribution in [2.24, 2.45) is 4.99 Å². The Labute approximate surface area is 231 Å². The lowest BCUT2D eigenvalue weighted by Crippen LogP contribution is -2.34. The summed E-state index contributed by atoms with van der Waals surface area (Å²) in [6.45, 7) is 14.5. The quantitative estimate of drug-likeness (QED) is 0.190. The van der Waals surface area contributed by atoms with Gasteiger partial charge in [0, 0.05) is 61.6 Å². The monoisotopic (exact) mass is 550 g/mol. The molecule has 2 aromatic rings. The highest BCUT2D eigenvalue weighted by Crippen LogP contribution is 2.38. The zero-order valence-corrected chi connectivity index (χ0v) is 24.5. The van der Waals surface area contributed by atoms with E-state index in [1.807, 2.05) is 33.8 Å². The highest BCUT2D eigenvalue weighted by atomic mass is 19.4. The van der Waals surface area contributed by atoms with Crippen LogP contribution in [0.25, 0.3) is 0 Å². The van der Waals surface area contributed by atoms with Gasteiger partial charge in [-0.05, 0) is 37.5 Å². The molecule has 7 nitrogen and oxygen atoms in total. The Morgan fingerprint density at radius 1 is 1.15 bits per heavy atom. The largest absolute Gasteiger partial charge is 0.418 e. The number of amides is 2. The van der Waals surface area contributed by atoms with Crippen molar-refractivity contribution in [1.29, 1.82) is 0 Å². The van der Waals surface area contributed by atoms with Crippen LogP contribution in [0.2, 0.25) is 0 Å². The molecule has 1 aromatic carbocycles. The van der Waals surface area contributed by atoms with Crippen LogP contribution >= 0.6 is 0 Å². The van der Waals surface area contributed by atoms with Crippen LogP contribution in [-0.2, 0) is 12.6 Å². The molecule has 0 aliphatic carbocycles. The third-order valence-electron chi connectivity index (χ3n) is 6.00. The molecule has 0 unspecified atom stereocenters. The topological polar surface area (TPSA) is 86.9 Å². The zero-order chi connectivity index (χ0) is 29.6. The molecule has 0 saturated heterocycles. The number of carbonyl (C=O) groups excluding carboxylic acids is 1. The first-order valence-electron chi connectivity index (χ1n) is 13.9. The van der Waals surface area contributed by atoms with E-state index >= 15 is 0 Å². The van der Waals surface area contributed by atoms with Crippen molar-refractivity contribution in [1.82, 2.24) is 4.98 Å². The van der Waals surface area contributed by atoms with E-state index in [1.54, 1.807) is 6.20 Å². The number of nitrogens with zero attached hydrogens (tertiary/aromatic N) is 4. The first-order chi connectivity index (χ1) is 18.7. The van der Waals surface area contributed by atoms with Gasteiger partial charge in [0.1, 0.15) is 5.82 Å². The third-order valence-corrected chi connectivity index (χ3v) is 6.00. The Morgan fingerprint density at radius 2 is 1.85 bits per heavy atom. The van der Waals surface area contributed by atoms with Crippen LogP contribution in [0.3, 0.4) is 0 Å². The molecule has 10 heteroatoms.